The van der Waals surface area contributed by atoms with E-state index in [4.69, 9.17) is 9.26 Å². The SMILES string of the molecule is CO/C(C)=C(/CCCc1noc2c1CCCC2=O)NC=O. The molecule has 0 bridgehead atoms. The number of ether oxygens (including phenoxy) is 1. The average molecular weight is 292 g/mol. The van der Waals surface area contributed by atoms with E-state index in [0.29, 0.717) is 37.2 Å². The summed E-state index contributed by atoms with van der Waals surface area (Å²) in [4.78, 5) is 22.3. The van der Waals surface area contributed by atoms with Gasteiger partial charge in [-0.1, -0.05) is 5.16 Å². The fourth-order valence-corrected chi connectivity index (χ4v) is 2.53. The summed E-state index contributed by atoms with van der Waals surface area (Å²) >= 11 is 0. The molecule has 0 radical (unpaired) electrons. The third-order valence-electron chi connectivity index (χ3n) is 3.76. The summed E-state index contributed by atoms with van der Waals surface area (Å²) in [6.45, 7) is 1.81. The summed E-state index contributed by atoms with van der Waals surface area (Å²) in [5.41, 5.74) is 2.59. The first kappa shape index (κ1) is 15.3. The lowest BCUT2D eigenvalue weighted by molar-refractivity contribution is -0.109. The second kappa shape index (κ2) is 7.06. The normalized spacial score (nSPS) is 15.2. The van der Waals surface area contributed by atoms with E-state index in [1.165, 1.54) is 0 Å². The van der Waals surface area contributed by atoms with Crippen molar-refractivity contribution in [1.82, 2.24) is 10.5 Å². The minimum Gasteiger partial charge on any atom is -0.500 e. The number of carbonyl (C=O) groups excluding carboxylic acids is 2. The number of hydrogen-bond donors (Lipinski definition) is 1. The molecule has 6 heteroatoms. The first-order chi connectivity index (χ1) is 10.2. The number of aryl methyl sites for hydroxylation is 1. The summed E-state index contributed by atoms with van der Waals surface area (Å²) in [5.74, 6) is 1.18. The van der Waals surface area contributed by atoms with Gasteiger partial charge in [-0.2, -0.15) is 0 Å². The van der Waals surface area contributed by atoms with Gasteiger partial charge >= 0.3 is 0 Å². The molecule has 1 aromatic rings. The fourth-order valence-electron chi connectivity index (χ4n) is 2.53. The molecule has 1 aliphatic carbocycles. The van der Waals surface area contributed by atoms with Gasteiger partial charge < -0.3 is 14.6 Å². The highest BCUT2D eigenvalue weighted by molar-refractivity contribution is 5.95. The van der Waals surface area contributed by atoms with E-state index in [1.807, 2.05) is 6.92 Å². The molecular formula is C15H20N2O4. The van der Waals surface area contributed by atoms with Crippen molar-refractivity contribution < 1.29 is 18.8 Å². The largest absolute Gasteiger partial charge is 0.500 e. The molecule has 114 valence electrons. The number of Topliss-reactive ketones (excluding diaryl/α,β-unsaturated/α-hetero) is 1. The van der Waals surface area contributed by atoms with Crippen molar-refractivity contribution in [2.75, 3.05) is 7.11 Å². The topological polar surface area (TPSA) is 81.4 Å². The molecule has 0 spiro atoms. The quantitative estimate of drug-likeness (QED) is 0.615. The summed E-state index contributed by atoms with van der Waals surface area (Å²) in [7, 11) is 1.57. The highest BCUT2D eigenvalue weighted by Crippen LogP contribution is 2.25. The maximum atomic E-state index is 11.7. The molecule has 1 aromatic heterocycles. The maximum absolute atomic E-state index is 11.7. The third-order valence-corrected chi connectivity index (χ3v) is 3.76. The maximum Gasteiger partial charge on any atom is 0.211 e. The van der Waals surface area contributed by atoms with Crippen LogP contribution < -0.4 is 5.32 Å². The van der Waals surface area contributed by atoms with Crippen LogP contribution in [0.3, 0.4) is 0 Å². The zero-order valence-electron chi connectivity index (χ0n) is 12.4. The van der Waals surface area contributed by atoms with Crippen molar-refractivity contribution >= 4 is 12.2 Å². The zero-order valence-corrected chi connectivity index (χ0v) is 12.4. The molecule has 1 aliphatic rings. The monoisotopic (exact) mass is 292 g/mol. The van der Waals surface area contributed by atoms with Gasteiger partial charge in [0.15, 0.2) is 0 Å². The Morgan fingerprint density at radius 1 is 1.48 bits per heavy atom. The van der Waals surface area contributed by atoms with E-state index in [-0.39, 0.29) is 5.78 Å². The lowest BCUT2D eigenvalue weighted by atomic mass is 9.94. The van der Waals surface area contributed by atoms with Gasteiger partial charge in [0.1, 0.15) is 5.76 Å². The summed E-state index contributed by atoms with van der Waals surface area (Å²) < 4.78 is 10.3. The summed E-state index contributed by atoms with van der Waals surface area (Å²) in [6, 6.07) is 0. The number of rotatable bonds is 7. The molecule has 21 heavy (non-hydrogen) atoms. The predicted molar refractivity (Wildman–Crippen MR) is 75.6 cm³/mol. The molecular weight excluding hydrogens is 272 g/mol. The Kier molecular flexibility index (Phi) is 5.14. The van der Waals surface area contributed by atoms with Crippen molar-refractivity contribution in [1.29, 1.82) is 0 Å². The Hall–Kier alpha value is -2.11. The van der Waals surface area contributed by atoms with Gasteiger partial charge in [0.05, 0.1) is 18.5 Å². The van der Waals surface area contributed by atoms with E-state index in [9.17, 15) is 9.59 Å². The van der Waals surface area contributed by atoms with Crippen LogP contribution >= 0.6 is 0 Å². The van der Waals surface area contributed by atoms with Crippen LogP contribution in [-0.4, -0.2) is 24.5 Å². The molecule has 1 heterocycles. The van der Waals surface area contributed by atoms with Gasteiger partial charge in [-0.3, -0.25) is 9.59 Å². The van der Waals surface area contributed by atoms with E-state index in [2.05, 4.69) is 10.5 Å². The minimum atomic E-state index is 0.0495. The molecule has 1 N–H and O–H groups in total. The molecule has 1 amide bonds. The molecule has 0 aliphatic heterocycles. The third kappa shape index (κ3) is 3.51. The fraction of sp³-hybridized carbons (Fsp3) is 0.533. The van der Waals surface area contributed by atoms with Crippen LogP contribution in [0.15, 0.2) is 16.0 Å². The van der Waals surface area contributed by atoms with Gasteiger partial charge in [-0.25, -0.2) is 0 Å². The number of amides is 1. The van der Waals surface area contributed by atoms with Crippen LogP contribution in [0.1, 0.15) is 54.4 Å². The predicted octanol–water partition coefficient (Wildman–Crippen LogP) is 2.14. The lowest BCUT2D eigenvalue weighted by Gasteiger charge is -2.10. The van der Waals surface area contributed by atoms with Crippen molar-refractivity contribution in [3.63, 3.8) is 0 Å². The molecule has 0 aromatic carbocycles. The Bertz CT molecular complexity index is 560. The van der Waals surface area contributed by atoms with Crippen molar-refractivity contribution in [3.8, 4) is 0 Å². The number of hydrogen-bond acceptors (Lipinski definition) is 5. The lowest BCUT2D eigenvalue weighted by Crippen LogP contribution is -2.13. The molecule has 0 fully saturated rings. The van der Waals surface area contributed by atoms with Crippen LogP contribution in [0, 0.1) is 0 Å². The number of methoxy groups -OCH3 is 1. The summed E-state index contributed by atoms with van der Waals surface area (Å²) in [5, 5.41) is 6.68. The molecule has 2 rings (SSSR count). The van der Waals surface area contributed by atoms with Crippen molar-refractivity contribution in [2.24, 2.45) is 0 Å². The second-order valence-corrected chi connectivity index (χ2v) is 5.07. The van der Waals surface area contributed by atoms with Crippen molar-refractivity contribution in [3.05, 3.63) is 28.5 Å². The summed E-state index contributed by atoms with van der Waals surface area (Å²) in [6.07, 6.45) is 5.09. The number of ketones is 1. The molecule has 0 saturated heterocycles. The van der Waals surface area contributed by atoms with Crippen LogP contribution in [0.2, 0.25) is 0 Å². The van der Waals surface area contributed by atoms with Crippen LogP contribution in [-0.2, 0) is 22.4 Å². The van der Waals surface area contributed by atoms with Gasteiger partial charge in [0.2, 0.25) is 18.0 Å². The van der Waals surface area contributed by atoms with Crippen molar-refractivity contribution in [2.45, 2.75) is 45.4 Å². The Morgan fingerprint density at radius 3 is 3.00 bits per heavy atom. The van der Waals surface area contributed by atoms with E-state index >= 15 is 0 Å². The van der Waals surface area contributed by atoms with Crippen LogP contribution in [0.4, 0.5) is 0 Å². The first-order valence-corrected chi connectivity index (χ1v) is 7.12. The number of fused-ring (bicyclic) bond motifs is 1. The number of aromatic nitrogens is 1. The molecule has 0 atom stereocenters. The Balaban J connectivity index is 1.98. The minimum absolute atomic E-state index is 0.0495. The van der Waals surface area contributed by atoms with Crippen LogP contribution in [0.5, 0.6) is 0 Å². The highest BCUT2D eigenvalue weighted by Gasteiger charge is 2.25. The smallest absolute Gasteiger partial charge is 0.211 e. The number of nitrogens with one attached hydrogen (secondary N) is 1. The molecule has 0 unspecified atom stereocenters. The standard InChI is InChI=1S/C15H20N2O4/c1-10(20-2)12(16-9-18)6-4-7-13-11-5-3-8-14(19)15(11)21-17-13/h9H,3-8H2,1-2H3,(H,16,18)/b12-10-. The van der Waals surface area contributed by atoms with E-state index in [0.717, 1.165) is 36.2 Å². The van der Waals surface area contributed by atoms with Gasteiger partial charge in [-0.05, 0) is 39.0 Å². The highest BCUT2D eigenvalue weighted by atomic mass is 16.5. The van der Waals surface area contributed by atoms with E-state index < -0.39 is 0 Å². The number of nitrogens with zero attached hydrogens (tertiary/aromatic N) is 1. The first-order valence-electron chi connectivity index (χ1n) is 7.12. The van der Waals surface area contributed by atoms with Gasteiger partial charge in [-0.15, -0.1) is 0 Å². The number of allylic oxidation sites excluding steroid dienone is 2. The van der Waals surface area contributed by atoms with Crippen LogP contribution in [0.25, 0.3) is 0 Å². The molecule has 0 saturated carbocycles. The molecule has 6 nitrogen and oxygen atoms in total. The zero-order chi connectivity index (χ0) is 15.2. The average Bonchev–Trinajstić information content (AvgIpc) is 2.90. The van der Waals surface area contributed by atoms with E-state index in [1.54, 1.807) is 7.11 Å². The second-order valence-electron chi connectivity index (χ2n) is 5.07. The van der Waals surface area contributed by atoms with Gasteiger partial charge in [0.25, 0.3) is 0 Å². The Morgan fingerprint density at radius 2 is 2.29 bits per heavy atom. The van der Waals surface area contributed by atoms with Gasteiger partial charge in [0, 0.05) is 12.0 Å². The Labute approximate surface area is 123 Å². The number of carbonyl (C=O) groups is 2.